The van der Waals surface area contributed by atoms with E-state index in [4.69, 9.17) is 4.74 Å². The fourth-order valence-electron chi connectivity index (χ4n) is 2.47. The number of halogens is 2. The summed E-state index contributed by atoms with van der Waals surface area (Å²) >= 11 is 0. The molecule has 0 aliphatic carbocycles. The smallest absolute Gasteiger partial charge is 0.275 e. The molecule has 1 aromatic heterocycles. The molecule has 3 rings (SSSR count). The van der Waals surface area contributed by atoms with Gasteiger partial charge in [-0.15, -0.1) is 0 Å². The summed E-state index contributed by atoms with van der Waals surface area (Å²) in [5.41, 5.74) is 1.48. The second-order valence-corrected chi connectivity index (χ2v) is 6.78. The SMILES string of the molecule is CC(C)CNC(=O)c1nn(-c2ccc(F)cc2)cc1OCc1ccc(F)cc1. The van der Waals surface area contributed by atoms with Crippen molar-refractivity contribution in [2.24, 2.45) is 5.92 Å². The summed E-state index contributed by atoms with van der Waals surface area (Å²) in [6.07, 6.45) is 1.57. The third-order valence-corrected chi connectivity index (χ3v) is 3.97. The van der Waals surface area contributed by atoms with E-state index >= 15 is 0 Å². The molecular weight excluding hydrogens is 364 g/mol. The fraction of sp³-hybridized carbons (Fsp3) is 0.238. The van der Waals surface area contributed by atoms with E-state index < -0.39 is 0 Å². The number of benzene rings is 2. The van der Waals surface area contributed by atoms with Gasteiger partial charge in [0.2, 0.25) is 0 Å². The van der Waals surface area contributed by atoms with Crippen LogP contribution in [-0.4, -0.2) is 22.2 Å². The number of amides is 1. The Bertz CT molecular complexity index is 935. The molecule has 0 bridgehead atoms. The fourth-order valence-corrected chi connectivity index (χ4v) is 2.47. The summed E-state index contributed by atoms with van der Waals surface area (Å²) < 4.78 is 33.5. The van der Waals surface area contributed by atoms with Crippen molar-refractivity contribution in [1.29, 1.82) is 0 Å². The van der Waals surface area contributed by atoms with Gasteiger partial charge >= 0.3 is 0 Å². The predicted octanol–water partition coefficient (Wildman–Crippen LogP) is 4.12. The standard InChI is InChI=1S/C21H21F2N3O2/c1-14(2)11-24-21(27)20-19(28-13-15-3-5-16(22)6-4-15)12-26(25-20)18-9-7-17(23)8-10-18/h3-10,12,14H,11,13H2,1-2H3,(H,24,27). The highest BCUT2D eigenvalue weighted by atomic mass is 19.1. The van der Waals surface area contributed by atoms with Crippen LogP contribution >= 0.6 is 0 Å². The summed E-state index contributed by atoms with van der Waals surface area (Å²) in [5.74, 6) is -0.481. The molecule has 2 aromatic carbocycles. The van der Waals surface area contributed by atoms with Crippen LogP contribution in [0.15, 0.2) is 54.7 Å². The summed E-state index contributed by atoms with van der Waals surface area (Å²) in [6, 6.07) is 11.6. The molecule has 1 heterocycles. The van der Waals surface area contributed by atoms with Crippen LogP contribution in [0.5, 0.6) is 5.75 Å². The lowest BCUT2D eigenvalue weighted by Gasteiger charge is -2.08. The molecule has 28 heavy (non-hydrogen) atoms. The van der Waals surface area contributed by atoms with E-state index in [0.717, 1.165) is 5.56 Å². The third kappa shape index (κ3) is 4.94. The van der Waals surface area contributed by atoms with Gasteiger partial charge in [0.1, 0.15) is 18.2 Å². The topological polar surface area (TPSA) is 56.2 Å². The number of hydrogen-bond acceptors (Lipinski definition) is 3. The lowest BCUT2D eigenvalue weighted by molar-refractivity contribution is 0.0939. The Morgan fingerprint density at radius 3 is 2.29 bits per heavy atom. The van der Waals surface area contributed by atoms with Gasteiger partial charge in [0.15, 0.2) is 11.4 Å². The van der Waals surface area contributed by atoms with Crippen LogP contribution in [0.3, 0.4) is 0 Å². The van der Waals surface area contributed by atoms with E-state index in [-0.39, 0.29) is 41.5 Å². The average Bonchev–Trinajstić information content (AvgIpc) is 3.10. The van der Waals surface area contributed by atoms with Crippen molar-refractivity contribution in [2.45, 2.75) is 20.5 Å². The molecule has 146 valence electrons. The van der Waals surface area contributed by atoms with Gasteiger partial charge in [0.25, 0.3) is 5.91 Å². The van der Waals surface area contributed by atoms with Crippen molar-refractivity contribution in [3.8, 4) is 11.4 Å². The van der Waals surface area contributed by atoms with E-state index in [1.165, 1.54) is 28.9 Å². The zero-order valence-corrected chi connectivity index (χ0v) is 15.7. The van der Waals surface area contributed by atoms with Crippen molar-refractivity contribution in [2.75, 3.05) is 6.54 Å². The van der Waals surface area contributed by atoms with Gasteiger partial charge in [0.05, 0.1) is 11.9 Å². The molecule has 0 aliphatic rings. The lowest BCUT2D eigenvalue weighted by atomic mass is 10.2. The van der Waals surface area contributed by atoms with Crippen molar-refractivity contribution in [1.82, 2.24) is 15.1 Å². The zero-order valence-electron chi connectivity index (χ0n) is 15.7. The van der Waals surface area contributed by atoms with Crippen LogP contribution in [0.2, 0.25) is 0 Å². The van der Waals surface area contributed by atoms with Gasteiger partial charge in [-0.05, 0) is 47.9 Å². The number of aromatic nitrogens is 2. The average molecular weight is 385 g/mol. The molecule has 0 unspecified atom stereocenters. The first-order chi connectivity index (χ1) is 13.4. The third-order valence-electron chi connectivity index (χ3n) is 3.97. The van der Waals surface area contributed by atoms with Crippen LogP contribution in [-0.2, 0) is 6.61 Å². The van der Waals surface area contributed by atoms with Crippen molar-refractivity contribution in [3.63, 3.8) is 0 Å². The largest absolute Gasteiger partial charge is 0.485 e. The van der Waals surface area contributed by atoms with Crippen LogP contribution in [0.25, 0.3) is 5.69 Å². The highest BCUT2D eigenvalue weighted by molar-refractivity contribution is 5.94. The Morgan fingerprint density at radius 2 is 1.68 bits per heavy atom. The maximum atomic E-state index is 13.2. The van der Waals surface area contributed by atoms with Crippen LogP contribution in [0.1, 0.15) is 29.9 Å². The first-order valence-electron chi connectivity index (χ1n) is 8.93. The molecule has 5 nitrogen and oxygen atoms in total. The van der Waals surface area contributed by atoms with Crippen molar-refractivity contribution >= 4 is 5.91 Å². The molecule has 0 aliphatic heterocycles. The summed E-state index contributed by atoms with van der Waals surface area (Å²) in [4.78, 5) is 12.5. The Balaban J connectivity index is 1.85. The molecule has 0 saturated heterocycles. The molecular formula is C21H21F2N3O2. The van der Waals surface area contributed by atoms with E-state index in [0.29, 0.717) is 12.2 Å². The molecule has 0 atom stereocenters. The molecule has 0 fully saturated rings. The quantitative estimate of drug-likeness (QED) is 0.666. The Hall–Kier alpha value is -3.22. The number of rotatable bonds is 7. The highest BCUT2D eigenvalue weighted by Crippen LogP contribution is 2.22. The maximum Gasteiger partial charge on any atom is 0.275 e. The first kappa shape index (κ1) is 19.5. The summed E-state index contributed by atoms with van der Waals surface area (Å²) in [6.45, 7) is 4.63. The van der Waals surface area contributed by atoms with Gasteiger partial charge < -0.3 is 10.1 Å². The predicted molar refractivity (Wildman–Crippen MR) is 101 cm³/mol. The number of carbonyl (C=O) groups is 1. The van der Waals surface area contributed by atoms with Crippen LogP contribution < -0.4 is 10.1 Å². The summed E-state index contributed by atoms with van der Waals surface area (Å²) in [5, 5.41) is 7.13. The molecule has 0 spiro atoms. The zero-order chi connectivity index (χ0) is 20.1. The molecule has 1 N–H and O–H groups in total. The number of ether oxygens (including phenoxy) is 1. The second-order valence-electron chi connectivity index (χ2n) is 6.78. The number of hydrogen-bond donors (Lipinski definition) is 1. The van der Waals surface area contributed by atoms with Crippen LogP contribution in [0, 0.1) is 17.6 Å². The first-order valence-corrected chi connectivity index (χ1v) is 8.93. The Morgan fingerprint density at radius 1 is 1.07 bits per heavy atom. The number of carbonyl (C=O) groups excluding carboxylic acids is 1. The number of nitrogens with zero attached hydrogens (tertiary/aromatic N) is 2. The van der Waals surface area contributed by atoms with Crippen molar-refractivity contribution < 1.29 is 18.3 Å². The van der Waals surface area contributed by atoms with E-state index in [9.17, 15) is 13.6 Å². The van der Waals surface area contributed by atoms with Gasteiger partial charge in [-0.1, -0.05) is 26.0 Å². The van der Waals surface area contributed by atoms with Gasteiger partial charge in [0, 0.05) is 6.54 Å². The Kier molecular flexibility index (Phi) is 6.03. The normalized spacial score (nSPS) is 10.9. The van der Waals surface area contributed by atoms with Gasteiger partial charge in [-0.25, -0.2) is 13.5 Å². The molecule has 1 amide bonds. The van der Waals surface area contributed by atoms with E-state index in [1.807, 2.05) is 13.8 Å². The lowest BCUT2D eigenvalue weighted by Crippen LogP contribution is -2.28. The number of nitrogens with one attached hydrogen (secondary N) is 1. The second kappa shape index (κ2) is 8.65. The highest BCUT2D eigenvalue weighted by Gasteiger charge is 2.19. The van der Waals surface area contributed by atoms with Gasteiger partial charge in [-0.2, -0.15) is 5.10 Å². The van der Waals surface area contributed by atoms with E-state index in [1.54, 1.807) is 30.5 Å². The molecule has 0 radical (unpaired) electrons. The Labute approximate surface area is 161 Å². The summed E-state index contributed by atoms with van der Waals surface area (Å²) in [7, 11) is 0. The van der Waals surface area contributed by atoms with E-state index in [2.05, 4.69) is 10.4 Å². The van der Waals surface area contributed by atoms with Crippen molar-refractivity contribution in [3.05, 3.63) is 77.6 Å². The minimum Gasteiger partial charge on any atom is -0.485 e. The minimum absolute atomic E-state index is 0.132. The van der Waals surface area contributed by atoms with Gasteiger partial charge in [-0.3, -0.25) is 4.79 Å². The monoisotopic (exact) mass is 385 g/mol. The molecule has 0 saturated carbocycles. The molecule has 7 heteroatoms. The van der Waals surface area contributed by atoms with Crippen LogP contribution in [0.4, 0.5) is 8.78 Å². The maximum absolute atomic E-state index is 13.2. The molecule has 3 aromatic rings. The minimum atomic E-state index is -0.362.